The maximum atomic E-state index is 13.7. The molecule has 3 nitrogen and oxygen atoms in total. The lowest BCUT2D eigenvalue weighted by molar-refractivity contribution is -0.122. The molecule has 1 saturated heterocycles. The predicted octanol–water partition coefficient (Wildman–Crippen LogP) is 5.94. The summed E-state index contributed by atoms with van der Waals surface area (Å²) in [4.78, 5) is 28.8. The Kier molecular flexibility index (Phi) is 5.63. The molecule has 166 valence electrons. The molecule has 33 heavy (non-hydrogen) atoms. The predicted molar refractivity (Wildman–Crippen MR) is 135 cm³/mol. The number of fused-ring (bicyclic) bond motifs is 1. The smallest absolute Gasteiger partial charge is 0.238 e. The molecule has 1 aliphatic carbocycles. The van der Waals surface area contributed by atoms with Crippen LogP contribution in [0.15, 0.2) is 102 Å². The standard InChI is InChI=1S/C29H29NO2Si/c1-33(2,20-21-12-6-3-7-13-21)24-18-25(22-14-8-4-9-15-22)27-26(19-24)28(31)30(29(27)32)23-16-10-5-11-17-23/h3-18,25-27H,19-20H2,1-2H3/t25-,26-,27+/m1/s1. The van der Waals surface area contributed by atoms with E-state index < -0.39 is 8.07 Å². The van der Waals surface area contributed by atoms with Gasteiger partial charge in [-0.1, -0.05) is 109 Å². The number of amides is 2. The maximum absolute atomic E-state index is 13.7. The number of nitrogens with zero attached hydrogens (tertiary/aromatic N) is 1. The molecule has 3 aromatic carbocycles. The molecular weight excluding hydrogens is 422 g/mol. The third kappa shape index (κ3) is 4.00. The van der Waals surface area contributed by atoms with Gasteiger partial charge in [-0.25, -0.2) is 0 Å². The first-order valence-electron chi connectivity index (χ1n) is 11.7. The quantitative estimate of drug-likeness (QED) is 0.356. The fourth-order valence-electron chi connectivity index (χ4n) is 5.52. The normalized spacial score (nSPS) is 22.8. The second-order valence-electron chi connectivity index (χ2n) is 9.86. The second-order valence-corrected chi connectivity index (χ2v) is 14.6. The van der Waals surface area contributed by atoms with Crippen LogP contribution < -0.4 is 4.90 Å². The van der Waals surface area contributed by atoms with Crippen molar-refractivity contribution in [2.45, 2.75) is 31.5 Å². The van der Waals surface area contributed by atoms with Crippen LogP contribution >= 0.6 is 0 Å². The highest BCUT2D eigenvalue weighted by atomic mass is 28.3. The third-order valence-electron chi connectivity index (χ3n) is 7.24. The zero-order chi connectivity index (χ0) is 23.0. The zero-order valence-corrected chi connectivity index (χ0v) is 20.1. The van der Waals surface area contributed by atoms with E-state index >= 15 is 0 Å². The van der Waals surface area contributed by atoms with Gasteiger partial charge in [-0.05, 0) is 30.2 Å². The molecule has 1 fully saturated rings. The van der Waals surface area contributed by atoms with Crippen molar-refractivity contribution >= 4 is 25.6 Å². The molecule has 0 radical (unpaired) electrons. The van der Waals surface area contributed by atoms with Gasteiger partial charge in [-0.15, -0.1) is 0 Å². The van der Waals surface area contributed by atoms with Crippen molar-refractivity contribution in [1.82, 2.24) is 0 Å². The van der Waals surface area contributed by atoms with Crippen molar-refractivity contribution in [2.24, 2.45) is 11.8 Å². The van der Waals surface area contributed by atoms with Gasteiger partial charge in [0.2, 0.25) is 11.8 Å². The first-order chi connectivity index (χ1) is 16.0. The number of allylic oxidation sites excluding steroid dienone is 2. The van der Waals surface area contributed by atoms with E-state index in [2.05, 4.69) is 61.6 Å². The molecule has 3 aromatic rings. The van der Waals surface area contributed by atoms with Crippen LogP contribution in [0.1, 0.15) is 23.5 Å². The Labute approximate surface area is 196 Å². The summed E-state index contributed by atoms with van der Waals surface area (Å²) < 4.78 is 0. The van der Waals surface area contributed by atoms with Crippen molar-refractivity contribution in [3.05, 3.63) is 113 Å². The zero-order valence-electron chi connectivity index (χ0n) is 19.1. The van der Waals surface area contributed by atoms with E-state index in [9.17, 15) is 9.59 Å². The molecule has 0 spiro atoms. The van der Waals surface area contributed by atoms with Gasteiger partial charge in [0.25, 0.3) is 0 Å². The number of benzene rings is 3. The van der Waals surface area contributed by atoms with Crippen LogP contribution in [0.2, 0.25) is 13.1 Å². The highest BCUT2D eigenvalue weighted by Crippen LogP contribution is 2.48. The number of rotatable bonds is 5. The molecule has 0 N–H and O–H groups in total. The first kappa shape index (κ1) is 21.6. The molecule has 1 heterocycles. The van der Waals surface area contributed by atoms with E-state index in [-0.39, 0.29) is 29.6 Å². The van der Waals surface area contributed by atoms with Crippen LogP contribution in [-0.2, 0) is 15.6 Å². The van der Waals surface area contributed by atoms with Gasteiger partial charge in [0.1, 0.15) is 0 Å². The van der Waals surface area contributed by atoms with E-state index in [1.54, 1.807) is 0 Å². The van der Waals surface area contributed by atoms with Crippen LogP contribution in [0.3, 0.4) is 0 Å². The Hall–Kier alpha value is -3.24. The highest BCUT2D eigenvalue weighted by Gasteiger charge is 2.54. The Balaban J connectivity index is 1.56. The minimum atomic E-state index is -1.85. The largest absolute Gasteiger partial charge is 0.274 e. The number of carbonyl (C=O) groups is 2. The minimum absolute atomic E-state index is 0.0488. The van der Waals surface area contributed by atoms with Crippen molar-refractivity contribution in [2.75, 3.05) is 4.90 Å². The van der Waals surface area contributed by atoms with E-state index in [0.29, 0.717) is 12.1 Å². The summed E-state index contributed by atoms with van der Waals surface area (Å²) in [6, 6.07) is 31.3. The third-order valence-corrected chi connectivity index (χ3v) is 10.6. The molecule has 0 saturated carbocycles. The van der Waals surface area contributed by atoms with Gasteiger partial charge in [0.05, 0.1) is 25.6 Å². The summed E-state index contributed by atoms with van der Waals surface area (Å²) in [6.45, 7) is 4.79. The Morgan fingerprint density at radius 1 is 0.788 bits per heavy atom. The summed E-state index contributed by atoms with van der Waals surface area (Å²) >= 11 is 0. The number of para-hydroxylation sites is 1. The lowest BCUT2D eigenvalue weighted by atomic mass is 9.74. The Morgan fingerprint density at radius 3 is 2.00 bits per heavy atom. The summed E-state index contributed by atoms with van der Waals surface area (Å²) in [7, 11) is -1.85. The molecule has 0 aromatic heterocycles. The van der Waals surface area contributed by atoms with Gasteiger partial charge in [-0.2, -0.15) is 0 Å². The molecule has 2 amide bonds. The van der Waals surface area contributed by atoms with E-state index in [1.807, 2.05) is 48.5 Å². The topological polar surface area (TPSA) is 37.4 Å². The van der Waals surface area contributed by atoms with Gasteiger partial charge >= 0.3 is 0 Å². The lowest BCUT2D eigenvalue weighted by Gasteiger charge is -2.36. The van der Waals surface area contributed by atoms with Crippen molar-refractivity contribution in [3.8, 4) is 0 Å². The summed E-state index contributed by atoms with van der Waals surface area (Å²) in [5.74, 6) is -0.835. The van der Waals surface area contributed by atoms with Crippen molar-refractivity contribution in [3.63, 3.8) is 0 Å². The fraction of sp³-hybridized carbons (Fsp3) is 0.241. The number of anilines is 1. The number of imide groups is 1. The van der Waals surface area contributed by atoms with Crippen molar-refractivity contribution < 1.29 is 9.59 Å². The number of hydrogen-bond acceptors (Lipinski definition) is 2. The monoisotopic (exact) mass is 451 g/mol. The Bertz CT molecular complexity index is 1190. The van der Waals surface area contributed by atoms with Crippen LogP contribution in [0, 0.1) is 11.8 Å². The molecule has 2 aliphatic rings. The second kappa shape index (κ2) is 8.60. The van der Waals surface area contributed by atoms with Gasteiger partial charge in [-0.3, -0.25) is 14.5 Å². The van der Waals surface area contributed by atoms with E-state index in [4.69, 9.17) is 0 Å². The lowest BCUT2D eigenvalue weighted by Crippen LogP contribution is -2.39. The molecular formula is C29H29NO2Si. The fourth-order valence-corrected chi connectivity index (χ4v) is 8.41. The molecule has 4 heteroatoms. The van der Waals surface area contributed by atoms with Gasteiger partial charge < -0.3 is 0 Å². The van der Waals surface area contributed by atoms with Crippen LogP contribution in [0.4, 0.5) is 5.69 Å². The molecule has 5 rings (SSSR count). The maximum Gasteiger partial charge on any atom is 0.238 e. The molecule has 0 bridgehead atoms. The average Bonchev–Trinajstić information content (AvgIpc) is 3.10. The first-order valence-corrected chi connectivity index (χ1v) is 14.9. The van der Waals surface area contributed by atoms with Crippen molar-refractivity contribution in [1.29, 1.82) is 0 Å². The van der Waals surface area contributed by atoms with Gasteiger partial charge in [0, 0.05) is 5.92 Å². The molecule has 1 aliphatic heterocycles. The molecule has 3 atom stereocenters. The Morgan fingerprint density at radius 2 is 1.36 bits per heavy atom. The summed E-state index contributed by atoms with van der Waals surface area (Å²) in [5.41, 5.74) is 3.13. The average molecular weight is 452 g/mol. The van der Waals surface area contributed by atoms with Gasteiger partial charge in [0.15, 0.2) is 0 Å². The van der Waals surface area contributed by atoms with E-state index in [1.165, 1.54) is 15.7 Å². The SMILES string of the molecule is C[Si](C)(Cc1ccccc1)C1=C[C@H](c2ccccc2)[C@@H]2C(=O)N(c3ccccc3)C(=O)[C@@H]2C1. The van der Waals surface area contributed by atoms with Crippen LogP contribution in [-0.4, -0.2) is 19.9 Å². The number of carbonyl (C=O) groups excluding carboxylic acids is 2. The summed E-state index contributed by atoms with van der Waals surface area (Å²) in [5, 5.41) is 1.40. The summed E-state index contributed by atoms with van der Waals surface area (Å²) in [6.07, 6.45) is 3.04. The number of hydrogen-bond donors (Lipinski definition) is 0. The van der Waals surface area contributed by atoms with E-state index in [0.717, 1.165) is 11.6 Å². The molecule has 0 unspecified atom stereocenters. The van der Waals surface area contributed by atoms with Crippen LogP contribution in [0.5, 0.6) is 0 Å². The highest BCUT2D eigenvalue weighted by molar-refractivity contribution is 6.83. The minimum Gasteiger partial charge on any atom is -0.274 e. The van der Waals surface area contributed by atoms with Crippen LogP contribution in [0.25, 0.3) is 0 Å².